The molecule has 1 aromatic heterocycles. The normalized spacial score (nSPS) is 11.5. The monoisotopic (exact) mass is 475 g/mol. The molecule has 0 aliphatic carbocycles. The first kappa shape index (κ1) is 27.8. The number of benzene rings is 2. The van der Waals surface area contributed by atoms with Crippen LogP contribution in [0.4, 0.5) is 0 Å². The largest absolute Gasteiger partial charge is 1.00 e. The second kappa shape index (κ2) is 14.1. The Hall–Kier alpha value is -2.43. The number of carboxylic acids is 1. The van der Waals surface area contributed by atoms with E-state index in [0.717, 1.165) is 28.0 Å². The molecule has 0 saturated heterocycles. The topological polar surface area (TPSA) is 88.8 Å². The van der Waals surface area contributed by atoms with Crippen molar-refractivity contribution in [1.82, 2.24) is 5.32 Å². The van der Waals surface area contributed by atoms with Crippen molar-refractivity contribution in [3.05, 3.63) is 83.3 Å². The third kappa shape index (κ3) is 7.81. The molecule has 0 aliphatic heterocycles. The van der Waals surface area contributed by atoms with Gasteiger partial charge in [0.2, 0.25) is 0 Å². The Bertz CT molecular complexity index is 1080. The molecule has 1 atom stereocenters. The van der Waals surface area contributed by atoms with E-state index in [1.165, 1.54) is 0 Å². The molecule has 1 heterocycles. The summed E-state index contributed by atoms with van der Waals surface area (Å²) in [6.07, 6.45) is 4.60. The van der Waals surface area contributed by atoms with Crippen LogP contribution in [0.3, 0.4) is 0 Å². The number of carbonyl (C=O) groups excluding carboxylic acids is 1. The van der Waals surface area contributed by atoms with Crippen molar-refractivity contribution >= 4 is 23.6 Å². The average molecular weight is 476 g/mol. The Morgan fingerprint density at radius 2 is 1.94 bits per heavy atom. The van der Waals surface area contributed by atoms with Gasteiger partial charge in [-0.05, 0) is 71.9 Å². The molecule has 0 spiro atoms. The predicted octanol–water partition coefficient (Wildman–Crippen LogP) is 2.07. The molecule has 2 N–H and O–H groups in total. The first-order valence-electron chi connectivity index (χ1n) is 10.8. The van der Waals surface area contributed by atoms with Crippen LogP contribution in [0, 0.1) is 6.92 Å². The Labute approximate surface area is 218 Å². The third-order valence-electron chi connectivity index (χ3n) is 5.32. The van der Waals surface area contributed by atoms with Crippen LogP contribution in [0.5, 0.6) is 0 Å². The van der Waals surface area contributed by atoms with Crippen molar-refractivity contribution < 1.29 is 44.1 Å². The van der Waals surface area contributed by atoms with Gasteiger partial charge in [-0.2, -0.15) is 11.8 Å². The standard InChI is InChI=1S/C26H29NO5S.Li.H/c1-18-6-3-4-8-21(18)23-16-19(17-31-14-11-20-7-5-13-32-20)9-10-22(23)25(28)27-24(26(29)30)12-15-33-2;;/h3-10,13,16,24H,11-12,14-15,17H2,1-2H3,(H,27,28)(H,29,30);;/q;+1;-1/t24-;;/m0../s1. The van der Waals surface area contributed by atoms with Crippen LogP contribution in [0.15, 0.2) is 65.3 Å². The summed E-state index contributed by atoms with van der Waals surface area (Å²) in [6.45, 7) is 2.90. The van der Waals surface area contributed by atoms with Crippen molar-refractivity contribution in [2.75, 3.05) is 18.6 Å². The van der Waals surface area contributed by atoms with E-state index in [1.807, 2.05) is 61.7 Å². The van der Waals surface area contributed by atoms with Gasteiger partial charge in [-0.15, -0.1) is 0 Å². The summed E-state index contributed by atoms with van der Waals surface area (Å²) < 4.78 is 11.1. The molecule has 6 nitrogen and oxygen atoms in total. The summed E-state index contributed by atoms with van der Waals surface area (Å²) in [6, 6.07) is 16.2. The maximum atomic E-state index is 13.1. The Morgan fingerprint density at radius 1 is 1.15 bits per heavy atom. The molecule has 1 amide bonds. The Kier molecular flexibility index (Phi) is 11.5. The minimum atomic E-state index is -1.03. The molecule has 0 fully saturated rings. The van der Waals surface area contributed by atoms with Gasteiger partial charge in [0.05, 0.1) is 19.5 Å². The average Bonchev–Trinajstić information content (AvgIpc) is 3.33. The number of amides is 1. The molecule has 2 aromatic carbocycles. The van der Waals surface area contributed by atoms with E-state index < -0.39 is 17.9 Å². The summed E-state index contributed by atoms with van der Waals surface area (Å²) >= 11 is 1.55. The number of carbonyl (C=O) groups is 2. The quantitative estimate of drug-likeness (QED) is 0.308. The number of aliphatic carboxylic acids is 1. The number of furan rings is 1. The van der Waals surface area contributed by atoms with Gasteiger partial charge in [-0.3, -0.25) is 4.79 Å². The molecule has 0 unspecified atom stereocenters. The van der Waals surface area contributed by atoms with Gasteiger partial charge in [-0.1, -0.05) is 30.3 Å². The van der Waals surface area contributed by atoms with Crippen LogP contribution in [-0.2, 0) is 22.6 Å². The molecular weight excluding hydrogens is 445 g/mol. The third-order valence-corrected chi connectivity index (χ3v) is 5.96. The number of hydrogen-bond donors (Lipinski definition) is 2. The van der Waals surface area contributed by atoms with Crippen molar-refractivity contribution in [2.24, 2.45) is 0 Å². The number of rotatable bonds is 12. The maximum Gasteiger partial charge on any atom is 1.00 e. The summed E-state index contributed by atoms with van der Waals surface area (Å²) in [4.78, 5) is 24.7. The fourth-order valence-electron chi connectivity index (χ4n) is 3.52. The minimum absolute atomic E-state index is 0. The zero-order valence-electron chi connectivity index (χ0n) is 20.9. The van der Waals surface area contributed by atoms with Crippen LogP contribution < -0.4 is 24.2 Å². The molecule has 0 radical (unpaired) electrons. The number of hydrogen-bond acceptors (Lipinski definition) is 5. The van der Waals surface area contributed by atoms with Gasteiger partial charge < -0.3 is 21.0 Å². The van der Waals surface area contributed by atoms with Crippen LogP contribution in [-0.4, -0.2) is 41.6 Å². The molecule has 0 aliphatic rings. The molecular formula is C26H30LiNO5S. The van der Waals surface area contributed by atoms with E-state index in [4.69, 9.17) is 9.15 Å². The van der Waals surface area contributed by atoms with E-state index in [1.54, 1.807) is 24.1 Å². The molecule has 8 heteroatoms. The zero-order valence-corrected chi connectivity index (χ0v) is 20.7. The van der Waals surface area contributed by atoms with E-state index in [9.17, 15) is 14.7 Å². The van der Waals surface area contributed by atoms with Gasteiger partial charge in [0.1, 0.15) is 11.8 Å². The summed E-state index contributed by atoms with van der Waals surface area (Å²) in [5, 5.41) is 12.2. The predicted molar refractivity (Wildman–Crippen MR) is 132 cm³/mol. The molecule has 3 aromatic rings. The van der Waals surface area contributed by atoms with Gasteiger partial charge in [0.25, 0.3) is 5.91 Å². The van der Waals surface area contributed by atoms with Crippen molar-refractivity contribution in [3.63, 3.8) is 0 Å². The minimum Gasteiger partial charge on any atom is -1.00 e. The number of ether oxygens (including phenoxy) is 1. The molecule has 3 rings (SSSR count). The van der Waals surface area contributed by atoms with Crippen LogP contribution in [0.2, 0.25) is 0 Å². The fourth-order valence-corrected chi connectivity index (χ4v) is 4.00. The molecule has 34 heavy (non-hydrogen) atoms. The maximum absolute atomic E-state index is 13.1. The second-order valence-corrected chi connectivity index (χ2v) is 8.71. The zero-order chi connectivity index (χ0) is 23.6. The first-order chi connectivity index (χ1) is 16.0. The SMILES string of the molecule is CSCC[C@H](NC(=O)c1ccc(COCCc2ccco2)cc1-c1ccccc1C)C(=O)O.[H-].[Li+]. The van der Waals surface area contributed by atoms with E-state index in [-0.39, 0.29) is 20.3 Å². The van der Waals surface area contributed by atoms with Crippen molar-refractivity contribution in [1.29, 1.82) is 0 Å². The van der Waals surface area contributed by atoms with E-state index in [2.05, 4.69) is 5.32 Å². The van der Waals surface area contributed by atoms with Gasteiger partial charge in [-0.25, -0.2) is 4.79 Å². The van der Waals surface area contributed by atoms with Crippen LogP contribution in [0.1, 0.15) is 35.1 Å². The first-order valence-corrected chi connectivity index (χ1v) is 12.2. The van der Waals surface area contributed by atoms with E-state index >= 15 is 0 Å². The van der Waals surface area contributed by atoms with Gasteiger partial charge in [0.15, 0.2) is 0 Å². The number of thioether (sulfide) groups is 1. The van der Waals surface area contributed by atoms with E-state index in [0.29, 0.717) is 37.4 Å². The summed E-state index contributed by atoms with van der Waals surface area (Å²) in [5.74, 6) is 0.0939. The summed E-state index contributed by atoms with van der Waals surface area (Å²) in [7, 11) is 0. The molecule has 0 bridgehead atoms. The number of aryl methyl sites for hydroxylation is 1. The fraction of sp³-hybridized carbons (Fsp3) is 0.308. The van der Waals surface area contributed by atoms with Gasteiger partial charge in [0, 0.05) is 12.0 Å². The molecule has 0 saturated carbocycles. The molecule has 176 valence electrons. The smallest absolute Gasteiger partial charge is 1.00 e. The Balaban J connectivity index is 0.00000306. The summed E-state index contributed by atoms with van der Waals surface area (Å²) in [5.41, 5.74) is 4.09. The Morgan fingerprint density at radius 3 is 2.62 bits per heavy atom. The number of carboxylic acid groups (broad SMARTS) is 1. The van der Waals surface area contributed by atoms with Crippen molar-refractivity contribution in [3.8, 4) is 11.1 Å². The van der Waals surface area contributed by atoms with Crippen molar-refractivity contribution in [2.45, 2.75) is 32.4 Å². The van der Waals surface area contributed by atoms with Gasteiger partial charge >= 0.3 is 24.8 Å². The van der Waals surface area contributed by atoms with Crippen LogP contribution in [0.25, 0.3) is 11.1 Å². The van der Waals surface area contributed by atoms with Crippen LogP contribution >= 0.6 is 11.8 Å². The number of nitrogens with one attached hydrogen (secondary N) is 1. The second-order valence-electron chi connectivity index (χ2n) is 7.72.